The molecule has 1 heterocycles. The highest BCUT2D eigenvalue weighted by atomic mass is 28.4. The van der Waals surface area contributed by atoms with Crippen LogP contribution >= 0.6 is 0 Å². The maximum atomic E-state index is 13.4. The predicted octanol–water partition coefficient (Wildman–Crippen LogP) is 7.76. The van der Waals surface area contributed by atoms with Crippen molar-refractivity contribution in [3.8, 4) is 5.75 Å². The number of esters is 3. The van der Waals surface area contributed by atoms with Crippen LogP contribution < -0.4 is 4.74 Å². The average Bonchev–Trinajstić information content (AvgIpc) is 3.16. The number of carbonyl (C=O) groups is 3. The molecule has 0 unspecified atom stereocenters. The molecule has 1 aliphatic rings. The van der Waals surface area contributed by atoms with Gasteiger partial charge in [-0.15, -0.1) is 0 Å². The molecular formula is C36H57N9O11Si. The number of hydrogen-bond donors (Lipinski definition) is 0. The summed E-state index contributed by atoms with van der Waals surface area (Å²) in [5, 5.41) is 10.2. The van der Waals surface area contributed by atoms with Gasteiger partial charge in [0.1, 0.15) is 11.9 Å². The SMILES string of the molecule is COc1ccc(COCC[C@H](C)O[C@@H]2O[C@H](CO[Si](C)(C)C(C)(C)C)[C@@H](OC(=O)CCCN=[N+]=[N-])[C@H](OC(=O)CCCN=[N+]=[N-])[C@H]2OC(=O)CCCN=[N+]=[N-])cc1. The van der Waals surface area contributed by atoms with Gasteiger partial charge in [-0.3, -0.25) is 14.4 Å². The smallest absolute Gasteiger partial charge is 0.306 e. The van der Waals surface area contributed by atoms with E-state index in [1.165, 1.54) is 0 Å². The van der Waals surface area contributed by atoms with Crippen LogP contribution in [0.2, 0.25) is 18.1 Å². The van der Waals surface area contributed by atoms with Crippen LogP contribution in [0.5, 0.6) is 5.75 Å². The normalized spacial score (nSPS) is 19.8. The lowest BCUT2D eigenvalue weighted by molar-refractivity contribution is -0.316. The van der Waals surface area contributed by atoms with E-state index in [-0.39, 0.29) is 69.8 Å². The Morgan fingerprint density at radius 2 is 1.30 bits per heavy atom. The van der Waals surface area contributed by atoms with Gasteiger partial charge in [-0.25, -0.2) is 0 Å². The molecule has 1 aromatic rings. The number of nitrogens with zero attached hydrogens (tertiary/aromatic N) is 9. The molecule has 0 radical (unpaired) electrons. The molecule has 1 fully saturated rings. The second kappa shape index (κ2) is 25.6. The minimum Gasteiger partial charge on any atom is -0.497 e. The third-order valence-corrected chi connectivity index (χ3v) is 13.9. The Kier molecular flexibility index (Phi) is 21.8. The van der Waals surface area contributed by atoms with E-state index in [1.54, 1.807) is 14.0 Å². The van der Waals surface area contributed by atoms with Gasteiger partial charge in [0.05, 0.1) is 26.4 Å². The fraction of sp³-hybridized carbons (Fsp3) is 0.750. The first-order valence-electron chi connectivity index (χ1n) is 18.9. The molecule has 0 aromatic heterocycles. The lowest BCUT2D eigenvalue weighted by atomic mass is 9.97. The zero-order valence-corrected chi connectivity index (χ0v) is 35.0. The van der Waals surface area contributed by atoms with Crippen molar-refractivity contribution >= 4 is 26.2 Å². The third kappa shape index (κ3) is 18.0. The van der Waals surface area contributed by atoms with Crippen molar-refractivity contribution in [3.63, 3.8) is 0 Å². The number of azide groups is 3. The van der Waals surface area contributed by atoms with Gasteiger partial charge >= 0.3 is 17.9 Å². The quantitative estimate of drug-likeness (QED) is 0.0166. The van der Waals surface area contributed by atoms with Gasteiger partial charge in [0, 0.05) is 60.2 Å². The average molecular weight is 820 g/mol. The molecule has 0 aliphatic carbocycles. The molecule has 1 saturated heterocycles. The van der Waals surface area contributed by atoms with Crippen LogP contribution in [-0.4, -0.2) is 103 Å². The summed E-state index contributed by atoms with van der Waals surface area (Å²) >= 11 is 0. The van der Waals surface area contributed by atoms with Gasteiger partial charge in [0.25, 0.3) is 0 Å². The summed E-state index contributed by atoms with van der Waals surface area (Å²) in [5.74, 6) is -1.46. The number of methoxy groups -OCH3 is 1. The summed E-state index contributed by atoms with van der Waals surface area (Å²) in [4.78, 5) is 48.1. The second-order valence-electron chi connectivity index (χ2n) is 14.8. The van der Waals surface area contributed by atoms with E-state index in [0.717, 1.165) is 11.3 Å². The first-order valence-corrected chi connectivity index (χ1v) is 21.8. The zero-order valence-electron chi connectivity index (χ0n) is 34.0. The molecule has 57 heavy (non-hydrogen) atoms. The summed E-state index contributed by atoms with van der Waals surface area (Å²) < 4.78 is 48.4. The van der Waals surface area contributed by atoms with Gasteiger partial charge in [-0.2, -0.15) is 0 Å². The van der Waals surface area contributed by atoms with Crippen molar-refractivity contribution in [2.45, 2.75) is 134 Å². The minimum absolute atomic E-state index is 0.0271. The van der Waals surface area contributed by atoms with E-state index in [4.69, 9.17) is 54.2 Å². The van der Waals surface area contributed by atoms with Crippen LogP contribution in [0.4, 0.5) is 0 Å². The maximum Gasteiger partial charge on any atom is 0.306 e. The lowest BCUT2D eigenvalue weighted by Crippen LogP contribution is -2.64. The van der Waals surface area contributed by atoms with Crippen molar-refractivity contribution in [2.75, 3.05) is 40.0 Å². The third-order valence-electron chi connectivity index (χ3n) is 9.38. The Balaban J connectivity index is 2.49. The highest BCUT2D eigenvalue weighted by Crippen LogP contribution is 2.38. The molecule has 0 N–H and O–H groups in total. The Morgan fingerprint density at radius 1 is 0.807 bits per heavy atom. The standard InChI is InChI=1S/C36H57N9O11Si/c1-25(18-22-50-23-26-14-16-27(49-5)17-15-26)52-35-34(56-31(48)13-10-21-42-45-39)33(55-30(47)12-9-20-41-44-38)32(54-29(46)11-8-19-40-43-37)28(53-35)24-51-57(6,7)36(2,3)4/h14-17,25,28,32-35H,8-13,18-24H2,1-7H3/t25-,28+,32+,33-,34+,35+/m0/s1. The molecule has 316 valence electrons. The maximum absolute atomic E-state index is 13.4. The van der Waals surface area contributed by atoms with Gasteiger partial charge in [0.2, 0.25) is 0 Å². The van der Waals surface area contributed by atoms with Crippen LogP contribution in [-0.2, 0) is 53.8 Å². The molecule has 0 spiro atoms. The zero-order chi connectivity index (χ0) is 42.3. The molecular weight excluding hydrogens is 763 g/mol. The Labute approximate surface area is 334 Å². The molecule has 21 heteroatoms. The molecule has 2 rings (SSSR count). The van der Waals surface area contributed by atoms with Gasteiger partial charge in [0.15, 0.2) is 32.9 Å². The summed E-state index contributed by atoms with van der Waals surface area (Å²) in [7, 11) is -0.850. The van der Waals surface area contributed by atoms with E-state index in [9.17, 15) is 14.4 Å². The number of rotatable bonds is 26. The lowest BCUT2D eigenvalue weighted by Gasteiger charge is -2.46. The van der Waals surface area contributed by atoms with Gasteiger partial charge < -0.3 is 37.6 Å². The summed E-state index contributed by atoms with van der Waals surface area (Å²) in [5.41, 5.74) is 27.0. The molecule has 20 nitrogen and oxygen atoms in total. The Hall–Kier alpha value is -4.58. The highest BCUT2D eigenvalue weighted by Gasteiger charge is 2.54. The predicted molar refractivity (Wildman–Crippen MR) is 209 cm³/mol. The van der Waals surface area contributed by atoms with E-state index >= 15 is 0 Å². The number of carbonyl (C=O) groups excluding carboxylic acids is 3. The van der Waals surface area contributed by atoms with E-state index < -0.39 is 63.0 Å². The minimum atomic E-state index is -2.44. The van der Waals surface area contributed by atoms with Crippen molar-refractivity contribution in [1.29, 1.82) is 0 Å². The first-order chi connectivity index (χ1) is 27.1. The van der Waals surface area contributed by atoms with Crippen molar-refractivity contribution in [2.24, 2.45) is 15.3 Å². The fourth-order valence-electron chi connectivity index (χ4n) is 5.14. The highest BCUT2D eigenvalue weighted by molar-refractivity contribution is 6.74. The van der Waals surface area contributed by atoms with Crippen molar-refractivity contribution < 1.29 is 52.0 Å². The summed E-state index contributed by atoms with van der Waals surface area (Å²) in [6.07, 6.45) is -6.75. The van der Waals surface area contributed by atoms with Crippen LogP contribution in [0, 0.1) is 0 Å². The summed E-state index contributed by atoms with van der Waals surface area (Å²) in [6, 6.07) is 7.47. The van der Waals surface area contributed by atoms with Crippen LogP contribution in [0.3, 0.4) is 0 Å². The molecule has 0 bridgehead atoms. The van der Waals surface area contributed by atoms with Crippen molar-refractivity contribution in [3.05, 3.63) is 61.2 Å². The molecule has 1 aliphatic heterocycles. The second-order valence-corrected chi connectivity index (χ2v) is 19.6. The van der Waals surface area contributed by atoms with Crippen LogP contribution in [0.1, 0.15) is 78.2 Å². The number of ether oxygens (including phenoxy) is 7. The fourth-order valence-corrected chi connectivity index (χ4v) is 6.15. The van der Waals surface area contributed by atoms with Crippen LogP contribution in [0.15, 0.2) is 39.6 Å². The van der Waals surface area contributed by atoms with E-state index in [0.29, 0.717) is 19.6 Å². The van der Waals surface area contributed by atoms with Gasteiger partial charge in [-0.05, 0) is 85.0 Å². The summed E-state index contributed by atoms with van der Waals surface area (Å²) in [6.45, 7) is 12.7. The molecule has 6 atom stereocenters. The van der Waals surface area contributed by atoms with E-state index in [1.807, 2.05) is 37.4 Å². The largest absolute Gasteiger partial charge is 0.497 e. The Morgan fingerprint density at radius 3 is 1.77 bits per heavy atom. The molecule has 0 amide bonds. The number of benzene rings is 1. The van der Waals surface area contributed by atoms with E-state index in [2.05, 4.69) is 50.8 Å². The first kappa shape index (κ1) is 48.6. The molecule has 0 saturated carbocycles. The van der Waals surface area contributed by atoms with Gasteiger partial charge in [-0.1, -0.05) is 48.2 Å². The van der Waals surface area contributed by atoms with Crippen LogP contribution in [0.25, 0.3) is 31.3 Å². The molecule has 1 aromatic carbocycles. The topological polar surface area (TPSA) is 271 Å². The van der Waals surface area contributed by atoms with Crippen molar-refractivity contribution in [1.82, 2.24) is 0 Å². The number of hydrogen-bond acceptors (Lipinski definition) is 14. The monoisotopic (exact) mass is 819 g/mol. The Bertz CT molecular complexity index is 1560.